The number of nitrogens with one attached hydrogen (secondary N) is 2. The van der Waals surface area contributed by atoms with Crippen molar-refractivity contribution in [3.8, 4) is 0 Å². The van der Waals surface area contributed by atoms with E-state index in [1.165, 1.54) is 37.4 Å². The van der Waals surface area contributed by atoms with Crippen molar-refractivity contribution in [1.82, 2.24) is 25.5 Å². The standard InChI is InChI=1S/C36H40F3N5O3S/c1-22-21-48-34(42-22)30-10-7-11-44(30)35(47)27-15-25(32(37)38)14-26(16-27)33(46)43-29(13-23-8-5-4-6-9-23)31(45)20-41-18-24-12-28(19-40-17-24)36(2,3)39/h4-6,8-9,12,14-17,19,21,29-32,41,45H,7,10-11,13,18,20H2,1-3H3,(H,43,46)/t29-,30?,31+/m0/s1. The Morgan fingerprint density at radius 3 is 2.52 bits per heavy atom. The molecule has 1 aliphatic heterocycles. The summed E-state index contributed by atoms with van der Waals surface area (Å²) >= 11 is 1.46. The fourth-order valence-corrected chi connectivity index (χ4v) is 6.75. The number of halogens is 3. The van der Waals surface area contributed by atoms with Gasteiger partial charge in [0.25, 0.3) is 18.2 Å². The van der Waals surface area contributed by atoms with Crippen LogP contribution in [0.3, 0.4) is 0 Å². The van der Waals surface area contributed by atoms with Gasteiger partial charge in [0.1, 0.15) is 10.7 Å². The zero-order chi connectivity index (χ0) is 34.4. The summed E-state index contributed by atoms with van der Waals surface area (Å²) in [5.74, 6) is -1.14. The first-order valence-electron chi connectivity index (χ1n) is 15.9. The van der Waals surface area contributed by atoms with Gasteiger partial charge < -0.3 is 20.6 Å². The van der Waals surface area contributed by atoms with Crippen LogP contribution in [0.1, 0.15) is 92.8 Å². The summed E-state index contributed by atoms with van der Waals surface area (Å²) in [4.78, 5) is 37.7. The number of hydrogen-bond donors (Lipinski definition) is 3. The van der Waals surface area contributed by atoms with Crippen LogP contribution in [-0.2, 0) is 18.6 Å². The Labute approximate surface area is 282 Å². The van der Waals surface area contributed by atoms with Gasteiger partial charge in [0, 0.05) is 65.4 Å². The molecular formula is C36H40F3N5O3S. The van der Waals surface area contributed by atoms with Gasteiger partial charge in [-0.2, -0.15) is 0 Å². The topological polar surface area (TPSA) is 107 Å². The molecule has 1 unspecified atom stereocenters. The quantitative estimate of drug-likeness (QED) is 0.150. The minimum absolute atomic E-state index is 0.00718. The van der Waals surface area contributed by atoms with Gasteiger partial charge in [0.2, 0.25) is 0 Å². The number of alkyl halides is 3. The molecule has 0 saturated carbocycles. The lowest BCUT2D eigenvalue weighted by molar-refractivity contribution is 0.0734. The zero-order valence-electron chi connectivity index (χ0n) is 27.1. The number of aryl methyl sites for hydroxylation is 1. The molecule has 8 nitrogen and oxygen atoms in total. The highest BCUT2D eigenvalue weighted by molar-refractivity contribution is 7.09. The molecule has 48 heavy (non-hydrogen) atoms. The molecule has 5 rings (SSSR count). The molecule has 2 amide bonds. The minimum atomic E-state index is -2.91. The van der Waals surface area contributed by atoms with Gasteiger partial charge in [-0.1, -0.05) is 30.3 Å². The van der Waals surface area contributed by atoms with E-state index in [1.54, 1.807) is 17.2 Å². The predicted octanol–water partition coefficient (Wildman–Crippen LogP) is 6.46. The van der Waals surface area contributed by atoms with Crippen molar-refractivity contribution in [1.29, 1.82) is 0 Å². The number of benzene rings is 2. The van der Waals surface area contributed by atoms with E-state index in [-0.39, 0.29) is 30.1 Å². The SMILES string of the molecule is Cc1csc(C2CCCN2C(=O)c2cc(C(=O)N[C@@H](Cc3ccccc3)[C@H](O)CNCc3cncc(C(C)(C)F)c3)cc(C(F)F)c2)n1. The number of aliphatic hydroxyl groups excluding tert-OH is 1. The largest absolute Gasteiger partial charge is 0.390 e. The fraction of sp³-hybridized carbons (Fsp3) is 0.389. The van der Waals surface area contributed by atoms with Crippen molar-refractivity contribution in [3.63, 3.8) is 0 Å². The van der Waals surface area contributed by atoms with Crippen molar-refractivity contribution in [2.75, 3.05) is 13.1 Å². The van der Waals surface area contributed by atoms with Crippen LogP contribution in [0.4, 0.5) is 13.2 Å². The van der Waals surface area contributed by atoms with Gasteiger partial charge in [-0.15, -0.1) is 11.3 Å². The van der Waals surface area contributed by atoms with Gasteiger partial charge in [0.05, 0.1) is 18.2 Å². The summed E-state index contributed by atoms with van der Waals surface area (Å²) in [6.07, 6.45) is 0.793. The number of amides is 2. The number of thiazole rings is 1. The van der Waals surface area contributed by atoms with E-state index in [4.69, 9.17) is 0 Å². The maximum atomic E-state index is 14.4. The average molecular weight is 680 g/mol. The van der Waals surface area contributed by atoms with Crippen molar-refractivity contribution in [2.24, 2.45) is 0 Å². The van der Waals surface area contributed by atoms with E-state index < -0.39 is 41.6 Å². The molecule has 4 aromatic rings. The maximum absolute atomic E-state index is 14.4. The second kappa shape index (κ2) is 15.4. The van der Waals surface area contributed by atoms with Crippen LogP contribution >= 0.6 is 11.3 Å². The molecule has 1 saturated heterocycles. The smallest absolute Gasteiger partial charge is 0.263 e. The number of aliphatic hydroxyl groups is 1. The highest BCUT2D eigenvalue weighted by Gasteiger charge is 2.33. The summed E-state index contributed by atoms with van der Waals surface area (Å²) in [7, 11) is 0. The lowest BCUT2D eigenvalue weighted by Crippen LogP contribution is -2.48. The third kappa shape index (κ3) is 8.86. The van der Waals surface area contributed by atoms with Gasteiger partial charge >= 0.3 is 0 Å². The Morgan fingerprint density at radius 2 is 1.83 bits per heavy atom. The summed E-state index contributed by atoms with van der Waals surface area (Å²) in [5.41, 5.74) is 0.733. The average Bonchev–Trinajstić information content (AvgIpc) is 3.73. The molecule has 3 N–H and O–H groups in total. The van der Waals surface area contributed by atoms with Gasteiger partial charge in [-0.05, 0) is 75.4 Å². The van der Waals surface area contributed by atoms with E-state index >= 15 is 0 Å². The second-order valence-electron chi connectivity index (χ2n) is 12.7. The first kappa shape index (κ1) is 35.2. The molecular weight excluding hydrogens is 639 g/mol. The molecule has 0 radical (unpaired) electrons. The molecule has 3 heterocycles. The molecule has 2 aromatic heterocycles. The van der Waals surface area contributed by atoms with Crippen LogP contribution in [0.25, 0.3) is 0 Å². The molecule has 0 aliphatic carbocycles. The van der Waals surface area contributed by atoms with Crippen LogP contribution < -0.4 is 10.6 Å². The number of pyridine rings is 1. The van der Waals surface area contributed by atoms with E-state index in [0.29, 0.717) is 25.1 Å². The van der Waals surface area contributed by atoms with Crippen LogP contribution in [0.5, 0.6) is 0 Å². The van der Waals surface area contributed by atoms with Crippen LogP contribution in [-0.4, -0.2) is 57.0 Å². The van der Waals surface area contributed by atoms with Gasteiger partial charge in [-0.25, -0.2) is 18.2 Å². The number of hydrogen-bond acceptors (Lipinski definition) is 7. The van der Waals surface area contributed by atoms with Crippen LogP contribution in [0.15, 0.2) is 72.4 Å². The monoisotopic (exact) mass is 679 g/mol. The third-order valence-electron chi connectivity index (χ3n) is 8.40. The van der Waals surface area contributed by atoms with Crippen LogP contribution in [0, 0.1) is 6.92 Å². The Hall–Kier alpha value is -4.13. The van der Waals surface area contributed by atoms with E-state index in [2.05, 4.69) is 20.6 Å². The van der Waals surface area contributed by atoms with E-state index in [1.807, 2.05) is 42.6 Å². The summed E-state index contributed by atoms with van der Waals surface area (Å²) < 4.78 is 42.6. The Morgan fingerprint density at radius 1 is 1.08 bits per heavy atom. The Bertz CT molecular complexity index is 1710. The summed E-state index contributed by atoms with van der Waals surface area (Å²) in [6.45, 7) is 5.58. The van der Waals surface area contributed by atoms with Crippen LogP contribution in [0.2, 0.25) is 0 Å². The summed E-state index contributed by atoms with van der Waals surface area (Å²) in [6, 6.07) is 13.4. The number of rotatable bonds is 13. The van der Waals surface area contributed by atoms with Crippen molar-refractivity contribution < 1.29 is 27.9 Å². The first-order chi connectivity index (χ1) is 22.9. The molecule has 0 spiro atoms. The number of aromatic nitrogens is 2. The normalized spacial score (nSPS) is 16.2. The molecule has 3 atom stereocenters. The lowest BCUT2D eigenvalue weighted by Gasteiger charge is -2.26. The molecule has 2 aromatic carbocycles. The number of carbonyl (C=O) groups is 2. The Balaban J connectivity index is 1.34. The van der Waals surface area contributed by atoms with E-state index in [9.17, 15) is 27.9 Å². The number of carbonyl (C=O) groups excluding carboxylic acids is 2. The molecule has 1 aliphatic rings. The number of nitrogens with zero attached hydrogens (tertiary/aromatic N) is 3. The lowest BCUT2D eigenvalue weighted by atomic mass is 9.99. The van der Waals surface area contributed by atoms with Crippen molar-refractivity contribution in [3.05, 3.63) is 116 Å². The molecule has 0 bridgehead atoms. The van der Waals surface area contributed by atoms with Gasteiger partial charge in [0.15, 0.2) is 0 Å². The third-order valence-corrected chi connectivity index (χ3v) is 9.46. The highest BCUT2D eigenvalue weighted by Crippen LogP contribution is 2.35. The molecule has 12 heteroatoms. The van der Waals surface area contributed by atoms with Crippen molar-refractivity contribution >= 4 is 23.2 Å². The zero-order valence-corrected chi connectivity index (χ0v) is 27.9. The second-order valence-corrected chi connectivity index (χ2v) is 13.5. The fourth-order valence-electron chi connectivity index (χ4n) is 5.81. The maximum Gasteiger partial charge on any atom is 0.263 e. The Kier molecular flexibility index (Phi) is 11.3. The number of likely N-dealkylation sites (tertiary alicyclic amines) is 1. The molecule has 254 valence electrons. The summed E-state index contributed by atoms with van der Waals surface area (Å²) in [5, 5.41) is 19.9. The van der Waals surface area contributed by atoms with Gasteiger partial charge in [-0.3, -0.25) is 14.6 Å². The van der Waals surface area contributed by atoms with E-state index in [0.717, 1.165) is 40.4 Å². The predicted molar refractivity (Wildman–Crippen MR) is 179 cm³/mol. The van der Waals surface area contributed by atoms with Crippen molar-refractivity contribution in [2.45, 2.75) is 76.9 Å². The molecule has 1 fully saturated rings. The minimum Gasteiger partial charge on any atom is -0.390 e. The highest BCUT2D eigenvalue weighted by atomic mass is 32.1. The first-order valence-corrected chi connectivity index (χ1v) is 16.8.